The van der Waals surface area contributed by atoms with E-state index in [0.29, 0.717) is 12.1 Å². The van der Waals surface area contributed by atoms with Gasteiger partial charge in [-0.05, 0) is 64.2 Å². The number of ether oxygens (including phenoxy) is 1. The van der Waals surface area contributed by atoms with Crippen LogP contribution in [-0.2, 0) is 0 Å². The molecule has 0 saturated heterocycles. The summed E-state index contributed by atoms with van der Waals surface area (Å²) in [4.78, 5) is 0. The second-order valence-corrected chi connectivity index (χ2v) is 6.81. The average molecular weight is 289 g/mol. The zero-order valence-electron chi connectivity index (χ0n) is 14.1. The molecule has 1 aromatic carbocycles. The normalized spacial score (nSPS) is 19.5. The van der Waals surface area contributed by atoms with Crippen LogP contribution in [0.25, 0.3) is 0 Å². The number of hydrogen-bond acceptors (Lipinski definition) is 2. The molecule has 0 aliphatic heterocycles. The first-order valence-corrected chi connectivity index (χ1v) is 8.59. The highest BCUT2D eigenvalue weighted by molar-refractivity contribution is 5.29. The average Bonchev–Trinajstić information content (AvgIpc) is 2.48. The lowest BCUT2D eigenvalue weighted by molar-refractivity contribution is 0.242. The van der Waals surface area contributed by atoms with Crippen molar-refractivity contribution in [2.45, 2.75) is 78.0 Å². The van der Waals surface area contributed by atoms with Crippen molar-refractivity contribution in [1.29, 1.82) is 0 Å². The van der Waals surface area contributed by atoms with Crippen LogP contribution in [0.5, 0.6) is 5.75 Å². The van der Waals surface area contributed by atoms with Gasteiger partial charge >= 0.3 is 0 Å². The number of rotatable bonds is 6. The van der Waals surface area contributed by atoms with Crippen LogP contribution >= 0.6 is 0 Å². The zero-order chi connectivity index (χ0) is 15.2. The van der Waals surface area contributed by atoms with Crippen molar-refractivity contribution in [1.82, 2.24) is 5.32 Å². The van der Waals surface area contributed by atoms with Gasteiger partial charge in [-0.1, -0.05) is 31.4 Å². The van der Waals surface area contributed by atoms with Gasteiger partial charge in [0.15, 0.2) is 0 Å². The largest absolute Gasteiger partial charge is 0.491 e. The highest BCUT2D eigenvalue weighted by atomic mass is 16.5. The third-order valence-electron chi connectivity index (χ3n) is 4.62. The van der Waals surface area contributed by atoms with E-state index >= 15 is 0 Å². The van der Waals surface area contributed by atoms with E-state index < -0.39 is 0 Å². The van der Waals surface area contributed by atoms with Crippen LogP contribution in [0, 0.1) is 5.92 Å². The first-order chi connectivity index (χ1) is 10.1. The van der Waals surface area contributed by atoms with Crippen LogP contribution in [0.2, 0.25) is 0 Å². The highest BCUT2D eigenvalue weighted by Gasteiger charge is 2.21. The molecule has 0 radical (unpaired) electrons. The van der Waals surface area contributed by atoms with Gasteiger partial charge in [0.05, 0.1) is 6.10 Å². The smallest absolute Gasteiger partial charge is 0.119 e. The van der Waals surface area contributed by atoms with Gasteiger partial charge in [0, 0.05) is 12.1 Å². The molecule has 1 N–H and O–H groups in total. The maximum absolute atomic E-state index is 5.70. The minimum Gasteiger partial charge on any atom is -0.491 e. The molecule has 0 aromatic heterocycles. The number of nitrogens with one attached hydrogen (secondary N) is 1. The van der Waals surface area contributed by atoms with Gasteiger partial charge in [0.2, 0.25) is 0 Å². The zero-order valence-corrected chi connectivity index (χ0v) is 14.1. The van der Waals surface area contributed by atoms with E-state index in [2.05, 4.69) is 57.3 Å². The van der Waals surface area contributed by atoms with Gasteiger partial charge in [-0.15, -0.1) is 0 Å². The second kappa shape index (κ2) is 7.84. The number of benzene rings is 1. The molecule has 0 amide bonds. The van der Waals surface area contributed by atoms with E-state index in [1.165, 1.54) is 37.7 Å². The summed E-state index contributed by atoms with van der Waals surface area (Å²) in [5.74, 6) is 1.81. The monoisotopic (exact) mass is 289 g/mol. The SMILES string of the molecule is CC(C)Oc1ccc(C(C)NC(C)C2CCCCC2)cc1. The lowest BCUT2D eigenvalue weighted by Gasteiger charge is -2.31. The Morgan fingerprint density at radius 2 is 1.57 bits per heavy atom. The Morgan fingerprint density at radius 1 is 0.952 bits per heavy atom. The van der Waals surface area contributed by atoms with Gasteiger partial charge in [-0.3, -0.25) is 0 Å². The minimum absolute atomic E-state index is 0.234. The van der Waals surface area contributed by atoms with Crippen molar-refractivity contribution in [3.63, 3.8) is 0 Å². The minimum atomic E-state index is 0.234. The Labute approximate surface area is 130 Å². The fourth-order valence-corrected chi connectivity index (χ4v) is 3.37. The quantitative estimate of drug-likeness (QED) is 0.787. The van der Waals surface area contributed by atoms with Crippen LogP contribution in [0.1, 0.15) is 71.4 Å². The Morgan fingerprint density at radius 3 is 2.14 bits per heavy atom. The predicted molar refractivity (Wildman–Crippen MR) is 89.8 cm³/mol. The van der Waals surface area contributed by atoms with Crippen molar-refractivity contribution in [2.24, 2.45) is 5.92 Å². The third kappa shape index (κ3) is 5.03. The molecular formula is C19H31NO. The maximum atomic E-state index is 5.70. The molecular weight excluding hydrogens is 258 g/mol. The van der Waals surface area contributed by atoms with Crippen LogP contribution in [0.3, 0.4) is 0 Å². The fraction of sp³-hybridized carbons (Fsp3) is 0.684. The summed E-state index contributed by atoms with van der Waals surface area (Å²) in [6.07, 6.45) is 7.26. The summed E-state index contributed by atoms with van der Waals surface area (Å²) in [6.45, 7) is 8.73. The molecule has 2 rings (SSSR count). The lowest BCUT2D eigenvalue weighted by Crippen LogP contribution is -2.36. The fourth-order valence-electron chi connectivity index (χ4n) is 3.37. The molecule has 2 nitrogen and oxygen atoms in total. The molecule has 0 heterocycles. The molecule has 21 heavy (non-hydrogen) atoms. The van der Waals surface area contributed by atoms with Crippen molar-refractivity contribution in [2.75, 3.05) is 0 Å². The highest BCUT2D eigenvalue weighted by Crippen LogP contribution is 2.28. The molecule has 1 aromatic rings. The molecule has 1 aliphatic rings. The Kier molecular flexibility index (Phi) is 6.10. The summed E-state index contributed by atoms with van der Waals surface area (Å²) in [6, 6.07) is 9.53. The Bertz CT molecular complexity index is 406. The van der Waals surface area contributed by atoms with Gasteiger partial charge in [0.25, 0.3) is 0 Å². The molecule has 118 valence electrons. The van der Waals surface area contributed by atoms with Gasteiger partial charge < -0.3 is 10.1 Å². The Hall–Kier alpha value is -1.02. The predicted octanol–water partition coefficient (Wildman–Crippen LogP) is 5.09. The molecule has 0 bridgehead atoms. The second-order valence-electron chi connectivity index (χ2n) is 6.81. The van der Waals surface area contributed by atoms with E-state index in [0.717, 1.165) is 11.7 Å². The summed E-state index contributed by atoms with van der Waals surface area (Å²) in [7, 11) is 0. The number of hydrogen-bond donors (Lipinski definition) is 1. The lowest BCUT2D eigenvalue weighted by atomic mass is 9.84. The molecule has 2 atom stereocenters. The van der Waals surface area contributed by atoms with E-state index in [-0.39, 0.29) is 6.10 Å². The van der Waals surface area contributed by atoms with Crippen molar-refractivity contribution in [3.8, 4) is 5.75 Å². The third-order valence-corrected chi connectivity index (χ3v) is 4.62. The van der Waals surface area contributed by atoms with E-state index in [1.807, 2.05) is 0 Å². The molecule has 0 spiro atoms. The molecule has 1 fully saturated rings. The molecule has 2 unspecified atom stereocenters. The van der Waals surface area contributed by atoms with Crippen LogP contribution in [-0.4, -0.2) is 12.1 Å². The summed E-state index contributed by atoms with van der Waals surface area (Å²) < 4.78 is 5.70. The van der Waals surface area contributed by atoms with Crippen LogP contribution in [0.4, 0.5) is 0 Å². The summed E-state index contributed by atoms with van der Waals surface area (Å²) >= 11 is 0. The molecule has 1 saturated carbocycles. The van der Waals surface area contributed by atoms with Gasteiger partial charge in [0.1, 0.15) is 5.75 Å². The van der Waals surface area contributed by atoms with Gasteiger partial charge in [-0.2, -0.15) is 0 Å². The first kappa shape index (κ1) is 16.4. The standard InChI is InChI=1S/C19H31NO/c1-14(2)21-19-12-10-18(11-13-19)16(4)20-15(3)17-8-6-5-7-9-17/h10-17,20H,5-9H2,1-4H3. The maximum Gasteiger partial charge on any atom is 0.119 e. The Balaban J connectivity index is 1.88. The van der Waals surface area contributed by atoms with E-state index in [9.17, 15) is 0 Å². The molecule has 2 heteroatoms. The van der Waals surface area contributed by atoms with E-state index in [1.54, 1.807) is 0 Å². The summed E-state index contributed by atoms with van der Waals surface area (Å²) in [5, 5.41) is 3.79. The van der Waals surface area contributed by atoms with Crippen molar-refractivity contribution >= 4 is 0 Å². The van der Waals surface area contributed by atoms with Crippen molar-refractivity contribution < 1.29 is 4.74 Å². The first-order valence-electron chi connectivity index (χ1n) is 8.59. The summed E-state index contributed by atoms with van der Waals surface area (Å²) in [5.41, 5.74) is 1.34. The van der Waals surface area contributed by atoms with Crippen molar-refractivity contribution in [3.05, 3.63) is 29.8 Å². The van der Waals surface area contributed by atoms with Crippen LogP contribution in [0.15, 0.2) is 24.3 Å². The van der Waals surface area contributed by atoms with Gasteiger partial charge in [-0.25, -0.2) is 0 Å². The van der Waals surface area contributed by atoms with Crippen LogP contribution < -0.4 is 10.1 Å². The topological polar surface area (TPSA) is 21.3 Å². The molecule has 1 aliphatic carbocycles. The van der Waals surface area contributed by atoms with E-state index in [4.69, 9.17) is 4.74 Å².